The number of aliphatic carboxylic acids is 1. The molecule has 0 atom stereocenters. The Morgan fingerprint density at radius 1 is 1.29 bits per heavy atom. The summed E-state index contributed by atoms with van der Waals surface area (Å²) in [6, 6.07) is 10.3. The fraction of sp³-hybridized carbons (Fsp3) is 0.235. The summed E-state index contributed by atoms with van der Waals surface area (Å²) in [6.45, 7) is 3.08. The molecule has 108 valence electrons. The van der Waals surface area contributed by atoms with Crippen LogP contribution in [0.15, 0.2) is 41.8 Å². The van der Waals surface area contributed by atoms with E-state index in [1.165, 1.54) is 16.0 Å². The zero-order valence-corrected chi connectivity index (χ0v) is 12.5. The van der Waals surface area contributed by atoms with E-state index in [1.807, 2.05) is 23.5 Å². The smallest absolute Gasteiger partial charge is 0.328 e. The van der Waals surface area contributed by atoms with Crippen molar-refractivity contribution in [3.63, 3.8) is 0 Å². The molecule has 4 heteroatoms. The summed E-state index contributed by atoms with van der Waals surface area (Å²) in [7, 11) is 0. The van der Waals surface area contributed by atoms with Crippen molar-refractivity contribution >= 4 is 23.4 Å². The van der Waals surface area contributed by atoms with Gasteiger partial charge in [-0.15, -0.1) is 11.3 Å². The molecule has 1 aliphatic rings. The molecule has 0 aliphatic carbocycles. The standard InChI is InChI=1S/C17H17NO2S/c19-17(20)6-5-13-1-3-14(4-2-13)11-18-9-7-16-15(12-18)8-10-21-16/h1-6,8,10H,7,9,11-12H2,(H,19,20). The van der Waals surface area contributed by atoms with Crippen LogP contribution in [0.2, 0.25) is 0 Å². The van der Waals surface area contributed by atoms with Crippen LogP contribution < -0.4 is 0 Å². The minimum absolute atomic E-state index is 0.917. The molecule has 0 radical (unpaired) electrons. The van der Waals surface area contributed by atoms with Gasteiger partial charge in [-0.05, 0) is 40.6 Å². The van der Waals surface area contributed by atoms with Crippen LogP contribution in [-0.2, 0) is 24.3 Å². The summed E-state index contributed by atoms with van der Waals surface area (Å²) < 4.78 is 0. The van der Waals surface area contributed by atoms with Gasteiger partial charge < -0.3 is 5.11 Å². The largest absolute Gasteiger partial charge is 0.478 e. The molecule has 3 rings (SSSR count). The first-order valence-electron chi connectivity index (χ1n) is 6.98. The fourth-order valence-corrected chi connectivity index (χ4v) is 3.49. The lowest BCUT2D eigenvalue weighted by Gasteiger charge is -2.26. The van der Waals surface area contributed by atoms with Crippen LogP contribution in [0, 0.1) is 0 Å². The van der Waals surface area contributed by atoms with Gasteiger partial charge in [0.1, 0.15) is 0 Å². The molecule has 0 spiro atoms. The monoisotopic (exact) mass is 299 g/mol. The minimum atomic E-state index is -0.918. The number of hydrogen-bond donors (Lipinski definition) is 1. The molecule has 0 saturated carbocycles. The zero-order chi connectivity index (χ0) is 14.7. The van der Waals surface area contributed by atoms with Crippen LogP contribution in [-0.4, -0.2) is 22.5 Å². The number of rotatable bonds is 4. The van der Waals surface area contributed by atoms with Crippen molar-refractivity contribution in [2.24, 2.45) is 0 Å². The lowest BCUT2D eigenvalue weighted by Crippen LogP contribution is -2.29. The Bertz CT molecular complexity index is 658. The molecular formula is C17H17NO2S. The highest BCUT2D eigenvalue weighted by Gasteiger charge is 2.16. The van der Waals surface area contributed by atoms with E-state index in [4.69, 9.17) is 5.11 Å². The van der Waals surface area contributed by atoms with Gasteiger partial charge in [0.2, 0.25) is 0 Å². The SMILES string of the molecule is O=C(O)C=Cc1ccc(CN2CCc3sccc3C2)cc1. The highest BCUT2D eigenvalue weighted by atomic mass is 32.1. The number of carboxylic acids is 1. The molecule has 2 heterocycles. The Morgan fingerprint density at radius 2 is 2.10 bits per heavy atom. The number of carbonyl (C=O) groups is 1. The minimum Gasteiger partial charge on any atom is -0.478 e. The quantitative estimate of drug-likeness (QED) is 0.880. The Labute approximate surface area is 128 Å². The lowest BCUT2D eigenvalue weighted by atomic mass is 10.1. The summed E-state index contributed by atoms with van der Waals surface area (Å²) in [5, 5.41) is 10.8. The fourth-order valence-electron chi connectivity index (χ4n) is 2.60. The van der Waals surface area contributed by atoms with E-state index in [9.17, 15) is 4.79 Å². The molecule has 0 unspecified atom stereocenters. The first-order valence-corrected chi connectivity index (χ1v) is 7.86. The predicted molar refractivity (Wildman–Crippen MR) is 85.2 cm³/mol. The van der Waals surface area contributed by atoms with E-state index < -0.39 is 5.97 Å². The second-order valence-electron chi connectivity index (χ2n) is 5.24. The van der Waals surface area contributed by atoms with Crippen molar-refractivity contribution in [2.75, 3.05) is 6.54 Å². The molecule has 1 aliphatic heterocycles. The average molecular weight is 299 g/mol. The maximum atomic E-state index is 10.5. The molecule has 0 fully saturated rings. The van der Waals surface area contributed by atoms with Gasteiger partial charge in [-0.2, -0.15) is 0 Å². The number of carboxylic acid groups (broad SMARTS) is 1. The summed E-state index contributed by atoms with van der Waals surface area (Å²) in [6.07, 6.45) is 3.93. The number of nitrogens with zero attached hydrogens (tertiary/aromatic N) is 1. The average Bonchev–Trinajstić information content (AvgIpc) is 2.94. The third kappa shape index (κ3) is 3.60. The third-order valence-corrected chi connectivity index (χ3v) is 4.71. The number of hydrogen-bond acceptors (Lipinski definition) is 3. The van der Waals surface area contributed by atoms with E-state index in [2.05, 4.69) is 28.5 Å². The van der Waals surface area contributed by atoms with Crippen molar-refractivity contribution in [1.82, 2.24) is 4.90 Å². The first-order chi connectivity index (χ1) is 10.2. The Hall–Kier alpha value is -1.91. The molecular weight excluding hydrogens is 282 g/mol. The number of fused-ring (bicyclic) bond motifs is 1. The van der Waals surface area contributed by atoms with Gasteiger partial charge >= 0.3 is 5.97 Å². The third-order valence-electron chi connectivity index (χ3n) is 3.69. The van der Waals surface area contributed by atoms with Gasteiger partial charge in [0.25, 0.3) is 0 Å². The van der Waals surface area contributed by atoms with E-state index in [1.54, 1.807) is 6.08 Å². The number of thiophene rings is 1. The molecule has 0 saturated heterocycles. The van der Waals surface area contributed by atoms with Gasteiger partial charge in [-0.1, -0.05) is 24.3 Å². The van der Waals surface area contributed by atoms with Gasteiger partial charge in [-0.25, -0.2) is 4.79 Å². The van der Waals surface area contributed by atoms with Gasteiger partial charge in [0.15, 0.2) is 0 Å². The van der Waals surface area contributed by atoms with E-state index in [0.717, 1.165) is 37.7 Å². The topological polar surface area (TPSA) is 40.5 Å². The van der Waals surface area contributed by atoms with Crippen LogP contribution in [0.4, 0.5) is 0 Å². The Kier molecular flexibility index (Phi) is 4.18. The van der Waals surface area contributed by atoms with Crippen LogP contribution in [0.1, 0.15) is 21.6 Å². The second-order valence-corrected chi connectivity index (χ2v) is 6.24. The first kappa shape index (κ1) is 14.0. The summed E-state index contributed by atoms with van der Waals surface area (Å²) in [5.74, 6) is -0.918. The number of benzene rings is 1. The normalized spacial score (nSPS) is 15.2. The van der Waals surface area contributed by atoms with Crippen molar-refractivity contribution in [3.05, 3.63) is 63.4 Å². The molecule has 0 bridgehead atoms. The highest BCUT2D eigenvalue weighted by molar-refractivity contribution is 7.10. The zero-order valence-electron chi connectivity index (χ0n) is 11.7. The lowest BCUT2D eigenvalue weighted by molar-refractivity contribution is -0.131. The summed E-state index contributed by atoms with van der Waals surface area (Å²) in [4.78, 5) is 14.5. The maximum absolute atomic E-state index is 10.5. The Morgan fingerprint density at radius 3 is 2.86 bits per heavy atom. The van der Waals surface area contributed by atoms with Crippen molar-refractivity contribution in [2.45, 2.75) is 19.5 Å². The molecule has 21 heavy (non-hydrogen) atoms. The molecule has 1 N–H and O–H groups in total. The Balaban J connectivity index is 1.62. The van der Waals surface area contributed by atoms with Crippen LogP contribution >= 0.6 is 11.3 Å². The molecule has 1 aromatic heterocycles. The predicted octanol–water partition coefficient (Wildman–Crippen LogP) is 3.40. The van der Waals surface area contributed by atoms with E-state index in [-0.39, 0.29) is 0 Å². The van der Waals surface area contributed by atoms with Gasteiger partial charge in [0, 0.05) is 30.6 Å². The van der Waals surface area contributed by atoms with Crippen molar-refractivity contribution in [1.29, 1.82) is 0 Å². The second kappa shape index (κ2) is 6.24. The van der Waals surface area contributed by atoms with Crippen LogP contribution in [0.3, 0.4) is 0 Å². The van der Waals surface area contributed by atoms with Crippen molar-refractivity contribution in [3.8, 4) is 0 Å². The summed E-state index contributed by atoms with van der Waals surface area (Å²) >= 11 is 1.86. The van der Waals surface area contributed by atoms with Crippen molar-refractivity contribution < 1.29 is 9.90 Å². The molecule has 2 aromatic rings. The van der Waals surface area contributed by atoms with E-state index >= 15 is 0 Å². The van der Waals surface area contributed by atoms with E-state index in [0.29, 0.717) is 0 Å². The molecule has 0 amide bonds. The highest BCUT2D eigenvalue weighted by Crippen LogP contribution is 2.25. The maximum Gasteiger partial charge on any atom is 0.328 e. The van der Waals surface area contributed by atoms with Crippen LogP contribution in [0.25, 0.3) is 6.08 Å². The van der Waals surface area contributed by atoms with Gasteiger partial charge in [-0.3, -0.25) is 4.90 Å². The molecule has 1 aromatic carbocycles. The molecule has 3 nitrogen and oxygen atoms in total. The van der Waals surface area contributed by atoms with Gasteiger partial charge in [0.05, 0.1) is 0 Å². The van der Waals surface area contributed by atoms with Crippen LogP contribution in [0.5, 0.6) is 0 Å². The summed E-state index contributed by atoms with van der Waals surface area (Å²) in [5.41, 5.74) is 3.65.